The van der Waals surface area contributed by atoms with E-state index in [1.54, 1.807) is 5.56 Å². The molecule has 0 amide bonds. The molecule has 0 fully saturated rings. The average molecular weight is 944 g/mol. The lowest BCUT2D eigenvalue weighted by atomic mass is 10.0. The lowest BCUT2D eigenvalue weighted by molar-refractivity contribution is -0.941. The van der Waals surface area contributed by atoms with Crippen molar-refractivity contribution in [3.8, 4) is 0 Å². The molecular weight excluding hydrogens is 819 g/mol. The maximum atomic E-state index is 2.45. The molecule has 1 rings (SSSR count). The van der Waals surface area contributed by atoms with Crippen molar-refractivity contribution in [3.63, 3.8) is 0 Å². The SMILES string of the molecule is CCCCC/C=C/CCCCCCCCCCCCC[N+](CCCCCCCCCCCCC/C=C/CCCCC)(CCCCCCCCCCCCC/C=C/CCCCC)Cc1ccccc1. The third kappa shape index (κ3) is 46.8. The average Bonchev–Trinajstić information content (AvgIpc) is 3.35. The highest BCUT2D eigenvalue weighted by atomic mass is 15.3. The van der Waals surface area contributed by atoms with Crippen LogP contribution in [0.3, 0.4) is 0 Å². The maximum Gasteiger partial charge on any atom is 0.104 e. The molecule has 0 atom stereocenters. The standard InChI is InChI=1S/C67H124N/c1-4-7-10-13-16-19-22-25-28-31-34-37-40-43-46-49-52-58-63-68(66-67-61-56-55-57-62-67,64-59-53-50-47-44-41-38-35-32-29-26-23-20-17-14-11-8-5-2)65-60-54-51-48-45-42-39-36-33-30-27-24-21-18-15-12-9-6-3/h16-21,55-57,61-62H,4-15,22-54,58-60,63-66H2,1-3H3/q+1/b19-16+,20-17+,21-18+. The Morgan fingerprint density at radius 1 is 0.250 bits per heavy atom. The van der Waals surface area contributed by atoms with Crippen molar-refractivity contribution in [2.24, 2.45) is 0 Å². The molecule has 0 saturated carbocycles. The molecule has 68 heavy (non-hydrogen) atoms. The van der Waals surface area contributed by atoms with Crippen molar-refractivity contribution in [1.29, 1.82) is 0 Å². The van der Waals surface area contributed by atoms with Crippen LogP contribution in [0.15, 0.2) is 66.8 Å². The second kappa shape index (κ2) is 54.7. The summed E-state index contributed by atoms with van der Waals surface area (Å²) in [6, 6.07) is 11.7. The Labute approximate surface area is 430 Å². The Morgan fingerprint density at radius 3 is 0.691 bits per heavy atom. The van der Waals surface area contributed by atoms with Crippen LogP contribution in [0.4, 0.5) is 0 Å². The number of hydrogen-bond donors (Lipinski definition) is 0. The fourth-order valence-corrected chi connectivity index (χ4v) is 10.7. The van der Waals surface area contributed by atoms with E-state index in [9.17, 15) is 0 Å². The molecule has 0 heterocycles. The highest BCUT2D eigenvalue weighted by Crippen LogP contribution is 2.24. The van der Waals surface area contributed by atoms with Crippen molar-refractivity contribution < 1.29 is 4.48 Å². The first-order chi connectivity index (χ1) is 33.8. The Balaban J connectivity index is 2.45. The Morgan fingerprint density at radius 2 is 0.456 bits per heavy atom. The molecule has 0 aliphatic carbocycles. The van der Waals surface area contributed by atoms with Gasteiger partial charge >= 0.3 is 0 Å². The summed E-state index contributed by atoms with van der Waals surface area (Å²) in [7, 11) is 0. The summed E-state index contributed by atoms with van der Waals surface area (Å²) < 4.78 is 1.35. The van der Waals surface area contributed by atoms with E-state index < -0.39 is 0 Å². The molecule has 1 nitrogen and oxygen atoms in total. The predicted octanol–water partition coefficient (Wildman–Crippen LogP) is 23.5. The molecule has 0 unspecified atom stereocenters. The first-order valence-electron chi connectivity index (χ1n) is 31.6. The van der Waals surface area contributed by atoms with Gasteiger partial charge in [0.15, 0.2) is 0 Å². The topological polar surface area (TPSA) is 0 Å². The molecule has 0 bridgehead atoms. The predicted molar refractivity (Wildman–Crippen MR) is 311 cm³/mol. The van der Waals surface area contributed by atoms with E-state index >= 15 is 0 Å². The molecule has 1 aromatic rings. The summed E-state index contributed by atoms with van der Waals surface area (Å²) in [6.07, 6.45) is 82.3. The van der Waals surface area contributed by atoms with Gasteiger partial charge in [-0.1, -0.05) is 280 Å². The molecule has 396 valence electrons. The van der Waals surface area contributed by atoms with Gasteiger partial charge in [-0.25, -0.2) is 0 Å². The van der Waals surface area contributed by atoms with Crippen LogP contribution in [0.25, 0.3) is 0 Å². The normalized spacial score (nSPS) is 12.3. The third-order valence-electron chi connectivity index (χ3n) is 15.3. The van der Waals surface area contributed by atoms with Crippen molar-refractivity contribution >= 4 is 0 Å². The minimum absolute atomic E-state index is 1.25. The van der Waals surface area contributed by atoms with Gasteiger partial charge in [0, 0.05) is 5.56 Å². The minimum Gasteiger partial charge on any atom is -0.320 e. The van der Waals surface area contributed by atoms with Crippen LogP contribution < -0.4 is 0 Å². The van der Waals surface area contributed by atoms with Crippen molar-refractivity contribution in [2.45, 2.75) is 336 Å². The largest absolute Gasteiger partial charge is 0.320 e. The minimum atomic E-state index is 1.25. The smallest absolute Gasteiger partial charge is 0.104 e. The number of unbranched alkanes of at least 4 members (excludes halogenated alkanes) is 42. The molecular formula is C67H124N+. The van der Waals surface area contributed by atoms with E-state index in [1.807, 2.05) is 0 Å². The van der Waals surface area contributed by atoms with Crippen LogP contribution in [-0.2, 0) is 6.54 Å². The van der Waals surface area contributed by atoms with Gasteiger partial charge in [0.1, 0.15) is 6.54 Å². The number of benzene rings is 1. The molecule has 0 radical (unpaired) electrons. The van der Waals surface area contributed by atoms with Crippen LogP contribution in [0, 0.1) is 0 Å². The second-order valence-electron chi connectivity index (χ2n) is 22.1. The maximum absolute atomic E-state index is 2.45. The molecule has 0 N–H and O–H groups in total. The number of nitrogens with zero attached hydrogens (tertiary/aromatic N) is 1. The van der Waals surface area contributed by atoms with E-state index in [1.165, 1.54) is 339 Å². The summed E-state index contributed by atoms with van der Waals surface area (Å²) in [5, 5.41) is 0. The first-order valence-corrected chi connectivity index (χ1v) is 31.6. The number of quaternary nitrogens is 1. The second-order valence-corrected chi connectivity index (χ2v) is 22.1. The Hall–Kier alpha value is -1.60. The number of rotatable bonds is 56. The quantitative estimate of drug-likeness (QED) is 0.0347. The van der Waals surface area contributed by atoms with E-state index in [-0.39, 0.29) is 0 Å². The molecule has 1 heteroatoms. The summed E-state index contributed by atoms with van der Waals surface area (Å²) >= 11 is 0. The lowest BCUT2D eigenvalue weighted by Crippen LogP contribution is -2.49. The Bertz CT molecular complexity index is 1050. The zero-order valence-electron chi connectivity index (χ0n) is 47.1. The third-order valence-corrected chi connectivity index (χ3v) is 15.3. The van der Waals surface area contributed by atoms with Gasteiger partial charge in [-0.15, -0.1) is 0 Å². The summed E-state index contributed by atoms with van der Waals surface area (Å²) in [4.78, 5) is 0. The fraction of sp³-hybridized carbons (Fsp3) is 0.821. The van der Waals surface area contributed by atoms with Gasteiger partial charge in [-0.05, 0) is 116 Å². The van der Waals surface area contributed by atoms with E-state index in [0.29, 0.717) is 0 Å². The zero-order chi connectivity index (χ0) is 48.6. The van der Waals surface area contributed by atoms with Gasteiger partial charge in [0.25, 0.3) is 0 Å². The van der Waals surface area contributed by atoms with Gasteiger partial charge in [0.05, 0.1) is 19.6 Å². The summed E-state index contributed by atoms with van der Waals surface area (Å²) in [5.41, 5.74) is 1.57. The van der Waals surface area contributed by atoms with Crippen LogP contribution in [0.5, 0.6) is 0 Å². The van der Waals surface area contributed by atoms with Crippen molar-refractivity contribution in [3.05, 3.63) is 72.4 Å². The van der Waals surface area contributed by atoms with Crippen LogP contribution in [-0.4, -0.2) is 24.1 Å². The van der Waals surface area contributed by atoms with Crippen molar-refractivity contribution in [2.75, 3.05) is 19.6 Å². The summed E-state index contributed by atoms with van der Waals surface area (Å²) in [5.74, 6) is 0. The van der Waals surface area contributed by atoms with E-state index in [4.69, 9.17) is 0 Å². The van der Waals surface area contributed by atoms with E-state index in [2.05, 4.69) is 87.6 Å². The lowest BCUT2D eigenvalue weighted by Gasteiger charge is -2.39. The Kier molecular flexibility index (Phi) is 51.8. The van der Waals surface area contributed by atoms with Gasteiger partial charge < -0.3 is 4.48 Å². The fourth-order valence-electron chi connectivity index (χ4n) is 10.7. The van der Waals surface area contributed by atoms with Crippen LogP contribution in [0.1, 0.15) is 335 Å². The van der Waals surface area contributed by atoms with Gasteiger partial charge in [0.2, 0.25) is 0 Å². The van der Waals surface area contributed by atoms with Gasteiger partial charge in [-0.3, -0.25) is 0 Å². The monoisotopic (exact) mass is 943 g/mol. The van der Waals surface area contributed by atoms with Crippen LogP contribution >= 0.6 is 0 Å². The molecule has 0 spiro atoms. The molecule has 0 saturated heterocycles. The first kappa shape index (κ1) is 64.4. The molecule has 0 aliphatic heterocycles. The zero-order valence-corrected chi connectivity index (χ0v) is 47.1. The molecule has 0 aromatic heterocycles. The summed E-state index contributed by atoms with van der Waals surface area (Å²) in [6.45, 7) is 12.3. The van der Waals surface area contributed by atoms with Crippen LogP contribution in [0.2, 0.25) is 0 Å². The number of hydrogen-bond acceptors (Lipinski definition) is 0. The van der Waals surface area contributed by atoms with Crippen molar-refractivity contribution in [1.82, 2.24) is 0 Å². The number of allylic oxidation sites excluding steroid dienone is 6. The van der Waals surface area contributed by atoms with E-state index in [0.717, 1.165) is 0 Å². The van der Waals surface area contributed by atoms with Gasteiger partial charge in [-0.2, -0.15) is 0 Å². The highest BCUT2D eigenvalue weighted by Gasteiger charge is 2.26. The highest BCUT2D eigenvalue weighted by molar-refractivity contribution is 5.13. The molecule has 1 aromatic carbocycles. The molecule has 0 aliphatic rings.